The van der Waals surface area contributed by atoms with Crippen molar-refractivity contribution in [1.82, 2.24) is 0 Å². The molecule has 6 fully saturated rings. The molecule has 0 aromatic heterocycles. The van der Waals surface area contributed by atoms with Crippen molar-refractivity contribution in [2.24, 2.45) is 50.2 Å². The number of aliphatic hydroxyl groups excluding tert-OH is 9. The Balaban J connectivity index is 1.11. The van der Waals surface area contributed by atoms with Gasteiger partial charge in [0.2, 0.25) is 0 Å². The van der Waals surface area contributed by atoms with Gasteiger partial charge in [-0.25, -0.2) is 0 Å². The summed E-state index contributed by atoms with van der Waals surface area (Å²) >= 11 is 0. The van der Waals surface area contributed by atoms with E-state index in [9.17, 15) is 46.0 Å². The standard InChI is InChI=1S/C42H70O13/c1-37(2)25-10-13-41(6)26(40(25,5)12-11-28(37)55-36-34(51)32(49)30(47)24(19-44)54-36)9-8-21-22-16-38(3,14-15-39(22,4)27(45)17-42(21,41)7)20-52-35-33(50)31(48)29(46)23(18-43)53-35/h8,22-36,43-51H,9-20H2,1-7H3/t22-,23-,24-,25+,26-,27+,28+,29-,30-,31+,32+,33-,34-,35-,36+,38-,39+,40+,41-,42-/m1/s1. The Bertz CT molecular complexity index is 1440. The number of allylic oxidation sites excluding steroid dienone is 2. The summed E-state index contributed by atoms with van der Waals surface area (Å²) in [7, 11) is 0. The van der Waals surface area contributed by atoms with E-state index < -0.39 is 80.7 Å². The van der Waals surface area contributed by atoms with Crippen molar-refractivity contribution in [3.8, 4) is 0 Å². The summed E-state index contributed by atoms with van der Waals surface area (Å²) < 4.78 is 24.1. The van der Waals surface area contributed by atoms with Crippen molar-refractivity contribution in [3.63, 3.8) is 0 Å². The Morgan fingerprint density at radius 1 is 0.655 bits per heavy atom. The predicted octanol–water partition coefficient (Wildman–Crippen LogP) is 1.76. The number of aliphatic hydroxyl groups is 9. The minimum atomic E-state index is -1.50. The highest BCUT2D eigenvalue weighted by molar-refractivity contribution is 5.34. The quantitative estimate of drug-likeness (QED) is 0.133. The van der Waals surface area contributed by atoms with Crippen LogP contribution in [-0.4, -0.2) is 139 Å². The van der Waals surface area contributed by atoms with Crippen molar-refractivity contribution in [3.05, 3.63) is 11.6 Å². The van der Waals surface area contributed by atoms with Crippen molar-refractivity contribution in [2.45, 2.75) is 180 Å². The van der Waals surface area contributed by atoms with Gasteiger partial charge in [-0.15, -0.1) is 0 Å². The molecular weight excluding hydrogens is 712 g/mol. The molecule has 0 aromatic rings. The highest BCUT2D eigenvalue weighted by Crippen LogP contribution is 2.76. The van der Waals surface area contributed by atoms with Gasteiger partial charge in [-0.3, -0.25) is 0 Å². The van der Waals surface area contributed by atoms with E-state index in [2.05, 4.69) is 54.5 Å². The van der Waals surface area contributed by atoms with E-state index in [1.807, 2.05) is 0 Å². The molecule has 2 aliphatic heterocycles. The van der Waals surface area contributed by atoms with Crippen LogP contribution in [0.4, 0.5) is 0 Å². The average Bonchev–Trinajstić information content (AvgIpc) is 3.13. The van der Waals surface area contributed by atoms with Gasteiger partial charge in [-0.1, -0.05) is 60.1 Å². The third-order valence-corrected chi connectivity index (χ3v) is 17.5. The zero-order valence-electron chi connectivity index (χ0n) is 33.9. The number of rotatable bonds is 7. The van der Waals surface area contributed by atoms with E-state index >= 15 is 0 Å². The second kappa shape index (κ2) is 14.4. The smallest absolute Gasteiger partial charge is 0.186 e. The summed E-state index contributed by atoms with van der Waals surface area (Å²) in [6.07, 6.45) is -3.82. The summed E-state index contributed by atoms with van der Waals surface area (Å²) in [5.74, 6) is 0.749. The lowest BCUT2D eigenvalue weighted by atomic mass is 9.33. The molecule has 316 valence electrons. The largest absolute Gasteiger partial charge is 0.394 e. The summed E-state index contributed by atoms with van der Waals surface area (Å²) in [6.45, 7) is 15.5. The molecule has 4 saturated carbocycles. The van der Waals surface area contributed by atoms with Crippen molar-refractivity contribution < 1.29 is 64.9 Å². The van der Waals surface area contributed by atoms with Crippen molar-refractivity contribution in [2.75, 3.05) is 19.8 Å². The summed E-state index contributed by atoms with van der Waals surface area (Å²) in [6, 6.07) is 0. The third kappa shape index (κ3) is 6.36. The Labute approximate surface area is 326 Å². The van der Waals surface area contributed by atoms with Crippen LogP contribution in [-0.2, 0) is 18.9 Å². The first-order valence-electron chi connectivity index (χ1n) is 20.9. The fourth-order valence-corrected chi connectivity index (χ4v) is 13.7. The molecule has 7 rings (SSSR count). The van der Waals surface area contributed by atoms with Crippen molar-refractivity contribution in [1.29, 1.82) is 0 Å². The highest BCUT2D eigenvalue weighted by Gasteiger charge is 2.69. The van der Waals surface area contributed by atoms with Crippen LogP contribution >= 0.6 is 0 Å². The van der Waals surface area contributed by atoms with Gasteiger partial charge >= 0.3 is 0 Å². The van der Waals surface area contributed by atoms with Crippen LogP contribution in [0, 0.1) is 50.2 Å². The third-order valence-electron chi connectivity index (χ3n) is 17.5. The lowest BCUT2D eigenvalue weighted by Crippen LogP contribution is -2.67. The Hall–Kier alpha value is -0.780. The normalized spacial score (nSPS) is 56.4. The maximum atomic E-state index is 12.2. The Morgan fingerprint density at radius 3 is 1.87 bits per heavy atom. The molecule has 2 heterocycles. The fourth-order valence-electron chi connectivity index (χ4n) is 13.7. The number of hydrogen-bond donors (Lipinski definition) is 9. The lowest BCUT2D eigenvalue weighted by Gasteiger charge is -2.72. The van der Waals surface area contributed by atoms with Gasteiger partial charge in [-0.05, 0) is 103 Å². The van der Waals surface area contributed by atoms with Gasteiger partial charge in [0.15, 0.2) is 12.6 Å². The minimum absolute atomic E-state index is 0.0389. The van der Waals surface area contributed by atoms with Crippen molar-refractivity contribution >= 4 is 0 Å². The molecular formula is C42H70O13. The molecule has 0 aromatic carbocycles. The molecule has 0 radical (unpaired) electrons. The van der Waals surface area contributed by atoms with Crippen LogP contribution in [0.5, 0.6) is 0 Å². The van der Waals surface area contributed by atoms with Gasteiger partial charge < -0.3 is 64.9 Å². The molecule has 2 saturated heterocycles. The monoisotopic (exact) mass is 782 g/mol. The van der Waals surface area contributed by atoms with E-state index in [4.69, 9.17) is 18.9 Å². The molecule has 13 heteroatoms. The number of hydrogen-bond acceptors (Lipinski definition) is 13. The van der Waals surface area contributed by atoms with Crippen LogP contribution in [0.2, 0.25) is 0 Å². The van der Waals surface area contributed by atoms with E-state index in [0.717, 1.165) is 51.4 Å². The van der Waals surface area contributed by atoms with Gasteiger partial charge in [0.25, 0.3) is 0 Å². The molecule has 5 aliphatic carbocycles. The zero-order chi connectivity index (χ0) is 40.3. The van der Waals surface area contributed by atoms with Gasteiger partial charge in [0.05, 0.1) is 32.0 Å². The first-order chi connectivity index (χ1) is 25.6. The second-order valence-electron chi connectivity index (χ2n) is 20.8. The molecule has 0 bridgehead atoms. The van der Waals surface area contributed by atoms with Crippen LogP contribution < -0.4 is 0 Å². The minimum Gasteiger partial charge on any atom is -0.394 e. The average molecular weight is 783 g/mol. The number of ether oxygens (including phenoxy) is 4. The first-order valence-corrected chi connectivity index (χ1v) is 20.9. The molecule has 13 nitrogen and oxygen atoms in total. The first kappa shape index (κ1) is 42.3. The van der Waals surface area contributed by atoms with E-state index in [1.54, 1.807) is 0 Å². The molecule has 0 unspecified atom stereocenters. The van der Waals surface area contributed by atoms with Crippen LogP contribution in [0.25, 0.3) is 0 Å². The summed E-state index contributed by atoms with van der Waals surface area (Å²) in [5.41, 5.74) is 0.132. The number of fused-ring (bicyclic) bond motifs is 7. The lowest BCUT2D eigenvalue weighted by molar-refractivity contribution is -0.330. The topological polar surface area (TPSA) is 219 Å². The maximum Gasteiger partial charge on any atom is 0.186 e. The fraction of sp³-hybridized carbons (Fsp3) is 0.952. The Kier molecular flexibility index (Phi) is 11.1. The van der Waals surface area contributed by atoms with Gasteiger partial charge in [0, 0.05) is 5.41 Å². The molecule has 7 aliphatic rings. The molecule has 0 spiro atoms. The Morgan fingerprint density at radius 2 is 1.25 bits per heavy atom. The van der Waals surface area contributed by atoms with Gasteiger partial charge in [0.1, 0.15) is 48.8 Å². The van der Waals surface area contributed by atoms with Crippen LogP contribution in [0.15, 0.2) is 11.6 Å². The molecule has 55 heavy (non-hydrogen) atoms. The van der Waals surface area contributed by atoms with E-state index in [1.165, 1.54) is 5.57 Å². The summed E-state index contributed by atoms with van der Waals surface area (Å²) in [5, 5.41) is 94.5. The SMILES string of the molecule is CC1(C)[C@@H](O[C@@H]2O[C@H](CO)[C@@H](O)[C@H](O)[C@H]2O)CC[C@]2(C)[C@H]3CC=C4[C@H]5C[C@](C)(CO[C@@H]6O[C@H](CO)[C@@H](O)[C@H](O)[C@H]6O)CC[C@]5(C)[C@@H](O)C[C@@]4(C)[C@]3(C)CC[C@@H]12. The molecule has 0 amide bonds. The maximum absolute atomic E-state index is 12.2. The highest BCUT2D eigenvalue weighted by atomic mass is 16.7. The van der Waals surface area contributed by atoms with Crippen LogP contribution in [0.1, 0.15) is 106 Å². The molecule has 20 atom stereocenters. The predicted molar refractivity (Wildman–Crippen MR) is 199 cm³/mol. The zero-order valence-corrected chi connectivity index (χ0v) is 33.9. The summed E-state index contributed by atoms with van der Waals surface area (Å²) in [4.78, 5) is 0. The van der Waals surface area contributed by atoms with E-state index in [0.29, 0.717) is 12.3 Å². The van der Waals surface area contributed by atoms with Gasteiger partial charge in [-0.2, -0.15) is 0 Å². The van der Waals surface area contributed by atoms with E-state index in [-0.39, 0.29) is 57.0 Å². The second-order valence-corrected chi connectivity index (χ2v) is 20.8. The van der Waals surface area contributed by atoms with Crippen LogP contribution in [0.3, 0.4) is 0 Å². The molecule has 9 N–H and O–H groups in total.